The van der Waals surface area contributed by atoms with Gasteiger partial charge < -0.3 is 19.4 Å². The number of amides is 1. The fourth-order valence-corrected chi connectivity index (χ4v) is 9.58. The van der Waals surface area contributed by atoms with Crippen LogP contribution in [0.15, 0.2) is 54.6 Å². The first kappa shape index (κ1) is 33.9. The van der Waals surface area contributed by atoms with Gasteiger partial charge in [0, 0.05) is 53.5 Å². The molecule has 12 heteroatoms. The molecule has 1 saturated carbocycles. The third-order valence-electron chi connectivity index (χ3n) is 11.7. The highest BCUT2D eigenvalue weighted by molar-refractivity contribution is 7.18. The summed E-state index contributed by atoms with van der Waals surface area (Å²) < 4.78 is 15.6. The van der Waals surface area contributed by atoms with E-state index in [9.17, 15) is 4.79 Å². The van der Waals surface area contributed by atoms with Crippen LogP contribution in [-0.4, -0.2) is 74.3 Å². The SMILES string of the molecule is Cc1nc2cccc(COc3cccc(C4CCN(Cc5nc6cc(C(=O)NC7CCC8NNC(C)C8C7)ccc6n5C[C@@H]5CCO5)CC4)n3)c2s1. The Morgan fingerprint density at radius 3 is 2.71 bits per heavy atom. The van der Waals surface area contributed by atoms with E-state index in [4.69, 9.17) is 19.4 Å². The normalized spacial score (nSPS) is 25.3. The number of hydrogen-bond acceptors (Lipinski definition) is 10. The number of thiazole rings is 1. The maximum absolute atomic E-state index is 13.5. The minimum Gasteiger partial charge on any atom is -0.473 e. The summed E-state index contributed by atoms with van der Waals surface area (Å²) in [6.45, 7) is 9.04. The Kier molecular flexibility index (Phi) is 9.43. The number of benzene rings is 2. The fourth-order valence-electron chi connectivity index (χ4n) is 8.67. The molecule has 6 heterocycles. The monoisotopic (exact) mass is 720 g/mol. The van der Waals surface area contributed by atoms with Crippen LogP contribution in [0.2, 0.25) is 0 Å². The molecule has 0 bridgehead atoms. The maximum atomic E-state index is 13.5. The van der Waals surface area contributed by atoms with Crippen molar-refractivity contribution in [2.45, 2.75) is 102 Å². The minimum absolute atomic E-state index is 0.00671. The van der Waals surface area contributed by atoms with Crippen LogP contribution in [0.25, 0.3) is 21.3 Å². The van der Waals surface area contributed by atoms with E-state index in [0.717, 1.165) is 110 Å². The highest BCUT2D eigenvalue weighted by Gasteiger charge is 2.38. The van der Waals surface area contributed by atoms with Crippen molar-refractivity contribution in [2.24, 2.45) is 5.92 Å². The number of fused-ring (bicyclic) bond motifs is 3. The van der Waals surface area contributed by atoms with Crippen molar-refractivity contribution in [1.82, 2.24) is 40.6 Å². The molecule has 4 fully saturated rings. The number of carbonyl (C=O) groups excluding carboxylic acids is 1. The summed E-state index contributed by atoms with van der Waals surface area (Å²) in [4.78, 5) is 30.7. The molecule has 5 aromatic rings. The average Bonchev–Trinajstić information content (AvgIpc) is 3.82. The second kappa shape index (κ2) is 14.5. The van der Waals surface area contributed by atoms with Crippen LogP contribution in [-0.2, 0) is 24.4 Å². The lowest BCUT2D eigenvalue weighted by atomic mass is 9.79. The van der Waals surface area contributed by atoms with Crippen LogP contribution in [0, 0.1) is 12.8 Å². The predicted molar refractivity (Wildman–Crippen MR) is 202 cm³/mol. The molecule has 272 valence electrons. The molecular weight excluding hydrogens is 673 g/mol. The number of hydrogen-bond donors (Lipinski definition) is 3. The second-order valence-electron chi connectivity index (χ2n) is 15.2. The van der Waals surface area contributed by atoms with E-state index in [-0.39, 0.29) is 18.1 Å². The van der Waals surface area contributed by atoms with Crippen molar-refractivity contribution in [1.29, 1.82) is 0 Å². The second-order valence-corrected chi connectivity index (χ2v) is 16.4. The van der Waals surface area contributed by atoms with Crippen molar-refractivity contribution in [3.05, 3.63) is 82.3 Å². The number of nitrogens with zero attached hydrogens (tertiary/aromatic N) is 5. The standard InChI is InChI=1S/C40H48N8O3S/c1-24-31-20-29(10-11-33(31)46-45-24)42-40(49)27-9-12-36-35(19-27)43-37(48(36)21-30-15-18-50-30)22-47-16-13-26(14-17-47)32-6-4-8-38(44-32)51-23-28-5-3-7-34-39(28)52-25(2)41-34/h3-9,12,19,24,26,29-31,33,45-46H,10-11,13-18,20-23H2,1-2H3,(H,42,49)/t24?,29?,30-,31?,33?/m0/s1. The topological polar surface area (TPSA) is 118 Å². The number of ether oxygens (including phenoxy) is 2. The van der Waals surface area contributed by atoms with Gasteiger partial charge in [-0.3, -0.25) is 20.5 Å². The Labute approximate surface area is 308 Å². The van der Waals surface area contributed by atoms with Gasteiger partial charge in [-0.05, 0) is 102 Å². The molecule has 1 amide bonds. The van der Waals surface area contributed by atoms with Crippen LogP contribution in [0.5, 0.6) is 5.88 Å². The van der Waals surface area contributed by atoms with Crippen LogP contribution >= 0.6 is 11.3 Å². The van der Waals surface area contributed by atoms with E-state index in [0.29, 0.717) is 42.0 Å². The lowest BCUT2D eigenvalue weighted by Gasteiger charge is -2.32. The fraction of sp³-hybridized carbons (Fsp3) is 0.500. The quantitative estimate of drug-likeness (QED) is 0.163. The molecule has 2 aromatic carbocycles. The van der Waals surface area contributed by atoms with Gasteiger partial charge >= 0.3 is 0 Å². The Balaban J connectivity index is 0.847. The number of imidazole rings is 1. The zero-order valence-corrected chi connectivity index (χ0v) is 30.8. The van der Waals surface area contributed by atoms with Crippen LogP contribution in [0.4, 0.5) is 0 Å². The number of carbonyl (C=O) groups is 1. The first-order chi connectivity index (χ1) is 25.4. The number of aryl methyl sites for hydroxylation is 1. The number of aromatic nitrogens is 4. The van der Waals surface area contributed by atoms with E-state index < -0.39 is 0 Å². The van der Waals surface area contributed by atoms with Gasteiger partial charge in [-0.15, -0.1) is 11.3 Å². The zero-order chi connectivity index (χ0) is 35.2. The molecule has 3 aliphatic heterocycles. The van der Waals surface area contributed by atoms with Gasteiger partial charge in [0.05, 0.1) is 45.5 Å². The summed E-state index contributed by atoms with van der Waals surface area (Å²) in [6, 6.07) is 19.5. The van der Waals surface area contributed by atoms with Crippen molar-refractivity contribution < 1.29 is 14.3 Å². The average molecular weight is 721 g/mol. The Hall–Kier alpha value is -3.94. The number of pyridine rings is 1. The van der Waals surface area contributed by atoms with Gasteiger partial charge in [0.15, 0.2) is 0 Å². The Morgan fingerprint density at radius 2 is 1.87 bits per heavy atom. The number of nitrogens with one attached hydrogen (secondary N) is 3. The van der Waals surface area contributed by atoms with E-state index in [1.165, 1.54) is 4.70 Å². The molecule has 52 heavy (non-hydrogen) atoms. The molecule has 3 N–H and O–H groups in total. The zero-order valence-electron chi connectivity index (χ0n) is 30.0. The lowest BCUT2D eigenvalue weighted by molar-refractivity contribution is -0.0592. The van der Waals surface area contributed by atoms with Gasteiger partial charge in [0.25, 0.3) is 5.91 Å². The molecule has 4 aliphatic rings. The van der Waals surface area contributed by atoms with Crippen LogP contribution in [0.1, 0.15) is 83.8 Å². The summed E-state index contributed by atoms with van der Waals surface area (Å²) in [7, 11) is 0. The predicted octanol–water partition coefficient (Wildman–Crippen LogP) is 5.86. The number of rotatable bonds is 10. The minimum atomic E-state index is -0.00671. The van der Waals surface area contributed by atoms with Crippen molar-refractivity contribution >= 4 is 38.5 Å². The summed E-state index contributed by atoms with van der Waals surface area (Å²) in [6.07, 6.45) is 6.39. The summed E-state index contributed by atoms with van der Waals surface area (Å²) >= 11 is 1.71. The molecule has 1 aliphatic carbocycles. The Morgan fingerprint density at radius 1 is 1.00 bits per heavy atom. The smallest absolute Gasteiger partial charge is 0.251 e. The molecule has 3 saturated heterocycles. The third kappa shape index (κ3) is 6.94. The number of likely N-dealkylation sites (tertiary alicyclic amines) is 1. The molecule has 9 rings (SSSR count). The van der Waals surface area contributed by atoms with Gasteiger partial charge in [0.2, 0.25) is 5.88 Å². The van der Waals surface area contributed by atoms with Gasteiger partial charge in [-0.25, -0.2) is 15.0 Å². The first-order valence-corrected chi connectivity index (χ1v) is 19.8. The molecule has 0 radical (unpaired) electrons. The van der Waals surface area contributed by atoms with Crippen molar-refractivity contribution in [3.8, 4) is 5.88 Å². The van der Waals surface area contributed by atoms with Crippen molar-refractivity contribution in [3.63, 3.8) is 0 Å². The summed E-state index contributed by atoms with van der Waals surface area (Å²) in [5.41, 5.74) is 12.7. The molecule has 3 aromatic heterocycles. The molecule has 4 unspecified atom stereocenters. The first-order valence-electron chi connectivity index (χ1n) is 19.0. The number of piperidine rings is 1. The highest BCUT2D eigenvalue weighted by atomic mass is 32.1. The van der Waals surface area contributed by atoms with Crippen molar-refractivity contribution in [2.75, 3.05) is 19.7 Å². The summed E-state index contributed by atoms with van der Waals surface area (Å²) in [5, 5.41) is 4.41. The van der Waals surface area contributed by atoms with E-state index in [1.54, 1.807) is 11.3 Å². The maximum Gasteiger partial charge on any atom is 0.251 e. The third-order valence-corrected chi connectivity index (χ3v) is 12.8. The van der Waals surface area contributed by atoms with E-state index in [2.05, 4.69) is 67.9 Å². The molecule has 5 atom stereocenters. The largest absolute Gasteiger partial charge is 0.473 e. The van der Waals surface area contributed by atoms with E-state index >= 15 is 0 Å². The molecule has 11 nitrogen and oxygen atoms in total. The Bertz CT molecular complexity index is 2070. The summed E-state index contributed by atoms with van der Waals surface area (Å²) in [5.74, 6) is 2.63. The highest BCUT2D eigenvalue weighted by Crippen LogP contribution is 2.32. The van der Waals surface area contributed by atoms with Crippen LogP contribution < -0.4 is 20.9 Å². The lowest BCUT2D eigenvalue weighted by Crippen LogP contribution is -2.44. The van der Waals surface area contributed by atoms with Crippen LogP contribution in [0.3, 0.4) is 0 Å². The molecule has 0 spiro atoms. The van der Waals surface area contributed by atoms with Gasteiger partial charge in [0.1, 0.15) is 12.4 Å². The van der Waals surface area contributed by atoms with Gasteiger partial charge in [-0.2, -0.15) is 0 Å². The number of hydrazine groups is 1. The van der Waals surface area contributed by atoms with E-state index in [1.807, 2.05) is 31.2 Å². The molecular formula is C40H48N8O3S. The van der Waals surface area contributed by atoms with Gasteiger partial charge in [-0.1, -0.05) is 18.2 Å².